The van der Waals surface area contributed by atoms with Gasteiger partial charge in [-0.25, -0.2) is 11.7 Å². The third-order valence-electron chi connectivity index (χ3n) is 4.01. The number of rotatable bonds is 5. The summed E-state index contributed by atoms with van der Waals surface area (Å²) in [6.07, 6.45) is 2.07. The molecule has 2 amide bonds. The van der Waals surface area contributed by atoms with Crippen LogP contribution in [0.2, 0.25) is 0 Å². The van der Waals surface area contributed by atoms with Crippen LogP contribution < -0.4 is 22.5 Å². The molecule has 0 unspecified atom stereocenters. The molecule has 3 aromatic rings. The number of thiophene rings is 1. The fourth-order valence-corrected chi connectivity index (χ4v) is 3.28. The first-order valence-corrected chi connectivity index (χ1v) is 8.98. The number of hydrazine groups is 2. The van der Waals surface area contributed by atoms with Gasteiger partial charge in [-0.1, -0.05) is 30.3 Å². The van der Waals surface area contributed by atoms with Crippen molar-refractivity contribution in [1.29, 1.82) is 0 Å². The standard InChI is InChI=1S/C20H18N4O2S/c21-23-19(25)15-7-3-13(4-8-15)18(12-17-2-1-11-27-17)14-5-9-16(10-6-14)20(26)24-22/h1-12H,21-22H2,(H,23,25)(H,24,26). The molecule has 1 aromatic heterocycles. The lowest BCUT2D eigenvalue weighted by Gasteiger charge is -2.10. The number of carbonyl (C=O) groups is 2. The second-order valence-corrected chi connectivity index (χ2v) is 6.65. The lowest BCUT2D eigenvalue weighted by molar-refractivity contribution is 0.0945. The summed E-state index contributed by atoms with van der Waals surface area (Å²) in [4.78, 5) is 24.4. The molecule has 0 fully saturated rings. The molecule has 0 bridgehead atoms. The Balaban J connectivity index is 2.02. The lowest BCUT2D eigenvalue weighted by atomic mass is 9.95. The first-order valence-electron chi connectivity index (χ1n) is 8.10. The summed E-state index contributed by atoms with van der Waals surface area (Å²) in [6, 6.07) is 18.3. The molecule has 0 spiro atoms. The maximum Gasteiger partial charge on any atom is 0.265 e. The van der Waals surface area contributed by atoms with Crippen LogP contribution >= 0.6 is 11.3 Å². The summed E-state index contributed by atoms with van der Waals surface area (Å²) in [5.41, 5.74) is 8.04. The van der Waals surface area contributed by atoms with Gasteiger partial charge in [0, 0.05) is 16.0 Å². The predicted molar refractivity (Wildman–Crippen MR) is 107 cm³/mol. The highest BCUT2D eigenvalue weighted by molar-refractivity contribution is 7.10. The van der Waals surface area contributed by atoms with E-state index in [1.54, 1.807) is 35.6 Å². The Kier molecular flexibility index (Phi) is 5.77. The van der Waals surface area contributed by atoms with Crippen molar-refractivity contribution in [2.45, 2.75) is 0 Å². The highest BCUT2D eigenvalue weighted by Crippen LogP contribution is 2.28. The zero-order valence-corrected chi connectivity index (χ0v) is 15.1. The van der Waals surface area contributed by atoms with Gasteiger partial charge in [0.15, 0.2) is 0 Å². The van der Waals surface area contributed by atoms with Crippen molar-refractivity contribution in [3.05, 3.63) is 93.2 Å². The van der Waals surface area contributed by atoms with Crippen molar-refractivity contribution < 1.29 is 9.59 Å². The highest BCUT2D eigenvalue weighted by atomic mass is 32.1. The smallest absolute Gasteiger partial charge is 0.265 e. The molecule has 27 heavy (non-hydrogen) atoms. The molecular weight excluding hydrogens is 360 g/mol. The van der Waals surface area contributed by atoms with Crippen LogP contribution in [0, 0.1) is 0 Å². The van der Waals surface area contributed by atoms with Gasteiger partial charge in [0.2, 0.25) is 0 Å². The molecule has 0 aliphatic carbocycles. The van der Waals surface area contributed by atoms with Crippen molar-refractivity contribution in [2.75, 3.05) is 0 Å². The van der Waals surface area contributed by atoms with Crippen molar-refractivity contribution >= 4 is 34.8 Å². The lowest BCUT2D eigenvalue weighted by Crippen LogP contribution is -2.29. The van der Waals surface area contributed by atoms with Crippen LogP contribution in [-0.2, 0) is 0 Å². The molecule has 0 aliphatic heterocycles. The molecule has 0 atom stereocenters. The van der Waals surface area contributed by atoms with Gasteiger partial charge in [0.25, 0.3) is 11.8 Å². The van der Waals surface area contributed by atoms with E-state index in [0.717, 1.165) is 21.6 Å². The second kappa shape index (κ2) is 8.41. The van der Waals surface area contributed by atoms with Gasteiger partial charge in [-0.05, 0) is 58.5 Å². The van der Waals surface area contributed by atoms with Gasteiger partial charge in [-0.15, -0.1) is 11.3 Å². The summed E-state index contributed by atoms with van der Waals surface area (Å²) >= 11 is 1.63. The van der Waals surface area contributed by atoms with Crippen molar-refractivity contribution in [3.63, 3.8) is 0 Å². The SMILES string of the molecule is NNC(=O)c1ccc(C(=Cc2cccs2)c2ccc(C(=O)NN)cc2)cc1. The van der Waals surface area contributed by atoms with E-state index in [1.807, 2.05) is 41.8 Å². The maximum atomic E-state index is 11.7. The van der Waals surface area contributed by atoms with E-state index in [0.29, 0.717) is 11.1 Å². The summed E-state index contributed by atoms with van der Waals surface area (Å²) in [5.74, 6) is 9.67. The predicted octanol–water partition coefficient (Wildman–Crippen LogP) is 2.54. The fraction of sp³-hybridized carbons (Fsp3) is 0. The number of carbonyl (C=O) groups excluding carboxylic acids is 2. The minimum atomic E-state index is -0.345. The first-order chi connectivity index (χ1) is 13.1. The molecule has 7 heteroatoms. The number of hydrogen-bond acceptors (Lipinski definition) is 5. The summed E-state index contributed by atoms with van der Waals surface area (Å²) in [5, 5.41) is 2.01. The van der Waals surface area contributed by atoms with Gasteiger partial charge < -0.3 is 0 Å². The number of benzene rings is 2. The maximum absolute atomic E-state index is 11.7. The molecule has 0 saturated heterocycles. The zero-order chi connectivity index (χ0) is 19.2. The van der Waals surface area contributed by atoms with Crippen LogP contribution in [0.3, 0.4) is 0 Å². The van der Waals surface area contributed by atoms with Crippen LogP contribution in [0.25, 0.3) is 11.6 Å². The van der Waals surface area contributed by atoms with Gasteiger partial charge >= 0.3 is 0 Å². The van der Waals surface area contributed by atoms with Gasteiger partial charge in [-0.2, -0.15) is 0 Å². The minimum Gasteiger partial charge on any atom is -0.290 e. The zero-order valence-electron chi connectivity index (χ0n) is 14.3. The molecule has 2 aromatic carbocycles. The molecular formula is C20H18N4O2S. The van der Waals surface area contributed by atoms with Crippen LogP contribution in [0.1, 0.15) is 36.7 Å². The summed E-state index contributed by atoms with van der Waals surface area (Å²) in [6.45, 7) is 0. The number of nitrogens with one attached hydrogen (secondary N) is 2. The molecule has 0 radical (unpaired) electrons. The molecule has 0 aliphatic rings. The van der Waals surface area contributed by atoms with E-state index >= 15 is 0 Å². The van der Waals surface area contributed by atoms with Gasteiger partial charge in [0.1, 0.15) is 0 Å². The highest BCUT2D eigenvalue weighted by Gasteiger charge is 2.10. The van der Waals surface area contributed by atoms with Crippen LogP contribution in [0.4, 0.5) is 0 Å². The fourth-order valence-electron chi connectivity index (χ4n) is 2.62. The van der Waals surface area contributed by atoms with E-state index in [9.17, 15) is 9.59 Å². The first kappa shape index (κ1) is 18.5. The summed E-state index contributed by atoms with van der Waals surface area (Å²) < 4.78 is 0. The Labute approximate surface area is 160 Å². The van der Waals surface area contributed by atoms with E-state index in [-0.39, 0.29) is 11.8 Å². The largest absolute Gasteiger partial charge is 0.290 e. The van der Waals surface area contributed by atoms with Crippen molar-refractivity contribution in [2.24, 2.45) is 11.7 Å². The Hall–Kier alpha value is -3.26. The number of hydrogen-bond donors (Lipinski definition) is 4. The molecule has 3 rings (SSSR count). The molecule has 6 N–H and O–H groups in total. The minimum absolute atomic E-state index is 0.345. The van der Waals surface area contributed by atoms with E-state index in [1.165, 1.54) is 0 Å². The quantitative estimate of drug-likeness (QED) is 0.311. The molecule has 0 saturated carbocycles. The van der Waals surface area contributed by atoms with Crippen molar-refractivity contribution in [1.82, 2.24) is 10.9 Å². The van der Waals surface area contributed by atoms with Crippen molar-refractivity contribution in [3.8, 4) is 0 Å². The molecule has 1 heterocycles. The van der Waals surface area contributed by atoms with E-state index < -0.39 is 0 Å². The number of nitrogen functional groups attached to an aromatic ring is 2. The monoisotopic (exact) mass is 378 g/mol. The molecule has 136 valence electrons. The third kappa shape index (κ3) is 4.29. The van der Waals surface area contributed by atoms with Crippen LogP contribution in [-0.4, -0.2) is 11.8 Å². The van der Waals surface area contributed by atoms with E-state index in [2.05, 4.69) is 16.9 Å². The Morgan fingerprint density at radius 2 is 1.19 bits per heavy atom. The van der Waals surface area contributed by atoms with Crippen LogP contribution in [0.5, 0.6) is 0 Å². The topological polar surface area (TPSA) is 110 Å². The Bertz CT molecular complexity index is 901. The van der Waals surface area contributed by atoms with Gasteiger partial charge in [0.05, 0.1) is 0 Å². The number of amides is 2. The normalized spacial score (nSPS) is 10.1. The average molecular weight is 378 g/mol. The molecule has 6 nitrogen and oxygen atoms in total. The second-order valence-electron chi connectivity index (χ2n) is 5.68. The summed E-state index contributed by atoms with van der Waals surface area (Å²) in [7, 11) is 0. The Morgan fingerprint density at radius 1 is 0.741 bits per heavy atom. The third-order valence-corrected chi connectivity index (χ3v) is 4.83. The average Bonchev–Trinajstić information content (AvgIpc) is 3.24. The number of nitrogens with two attached hydrogens (primary N) is 2. The van der Waals surface area contributed by atoms with Gasteiger partial charge in [-0.3, -0.25) is 20.4 Å². The van der Waals surface area contributed by atoms with E-state index in [4.69, 9.17) is 11.7 Å². The van der Waals surface area contributed by atoms with Crippen LogP contribution in [0.15, 0.2) is 66.0 Å². The Morgan fingerprint density at radius 3 is 1.56 bits per heavy atom.